The van der Waals surface area contributed by atoms with E-state index in [1.54, 1.807) is 16.4 Å². The molecule has 3 rings (SSSR count). The van der Waals surface area contributed by atoms with Crippen LogP contribution in [0.5, 0.6) is 0 Å². The number of anilines is 1. The van der Waals surface area contributed by atoms with Gasteiger partial charge in [-0.25, -0.2) is 13.4 Å². The van der Waals surface area contributed by atoms with Crippen molar-refractivity contribution in [1.82, 2.24) is 24.0 Å². The van der Waals surface area contributed by atoms with Crippen molar-refractivity contribution in [3.63, 3.8) is 0 Å². The van der Waals surface area contributed by atoms with E-state index in [2.05, 4.69) is 39.0 Å². The first kappa shape index (κ1) is 21.4. The molecule has 2 aliphatic heterocycles. The molecule has 2 saturated heterocycles. The summed E-state index contributed by atoms with van der Waals surface area (Å²) in [7, 11) is 0.724. The van der Waals surface area contributed by atoms with Crippen molar-refractivity contribution in [3.05, 3.63) is 18.3 Å². The highest BCUT2D eigenvalue weighted by molar-refractivity contribution is 7.89. The zero-order valence-electron chi connectivity index (χ0n) is 17.3. The molecule has 3 heterocycles. The fourth-order valence-corrected chi connectivity index (χ4v) is 4.94. The van der Waals surface area contributed by atoms with E-state index in [1.807, 2.05) is 7.05 Å². The molecule has 28 heavy (non-hydrogen) atoms. The number of pyridine rings is 1. The lowest BCUT2D eigenvalue weighted by atomic mass is 10.2. The van der Waals surface area contributed by atoms with Crippen molar-refractivity contribution in [2.24, 2.45) is 0 Å². The van der Waals surface area contributed by atoms with Crippen molar-refractivity contribution in [2.75, 3.05) is 78.3 Å². The van der Waals surface area contributed by atoms with Crippen LogP contribution < -0.4 is 5.32 Å². The Morgan fingerprint density at radius 1 is 1.00 bits per heavy atom. The Bertz CT molecular complexity index is 710. The summed E-state index contributed by atoms with van der Waals surface area (Å²) < 4.78 is 27.1. The van der Waals surface area contributed by atoms with Crippen molar-refractivity contribution in [2.45, 2.75) is 24.3 Å². The van der Waals surface area contributed by atoms with E-state index in [1.165, 1.54) is 6.20 Å². The van der Waals surface area contributed by atoms with Gasteiger partial charge in [-0.15, -0.1) is 0 Å². The zero-order valence-corrected chi connectivity index (χ0v) is 18.2. The third-order valence-electron chi connectivity index (χ3n) is 5.70. The van der Waals surface area contributed by atoms with Crippen molar-refractivity contribution in [1.29, 1.82) is 0 Å². The molecule has 0 saturated carbocycles. The summed E-state index contributed by atoms with van der Waals surface area (Å²) in [5.41, 5.74) is 0. The summed E-state index contributed by atoms with van der Waals surface area (Å²) in [5.74, 6) is 0.725. The lowest BCUT2D eigenvalue weighted by Gasteiger charge is -2.33. The third-order valence-corrected chi connectivity index (χ3v) is 7.59. The van der Waals surface area contributed by atoms with Gasteiger partial charge in [-0.2, -0.15) is 4.31 Å². The quantitative estimate of drug-likeness (QED) is 0.700. The minimum atomic E-state index is -3.45. The molecule has 0 bridgehead atoms. The SMILES string of the molecule is CC(CCN1CCN(C)CC1)Nc1ccc(S(=O)(=O)N2CCN(C)CC2)cn1. The Hall–Kier alpha value is -1.26. The van der Waals surface area contributed by atoms with Crippen LogP contribution >= 0.6 is 0 Å². The van der Waals surface area contributed by atoms with Gasteiger partial charge in [0.2, 0.25) is 10.0 Å². The maximum Gasteiger partial charge on any atom is 0.244 e. The van der Waals surface area contributed by atoms with Crippen LogP contribution in [-0.4, -0.2) is 111 Å². The van der Waals surface area contributed by atoms with Gasteiger partial charge >= 0.3 is 0 Å². The maximum absolute atomic E-state index is 12.8. The summed E-state index contributed by atoms with van der Waals surface area (Å²) in [4.78, 5) is 11.6. The van der Waals surface area contributed by atoms with Gasteiger partial charge in [0.15, 0.2) is 0 Å². The second-order valence-corrected chi connectivity index (χ2v) is 10.0. The minimum absolute atomic E-state index is 0.271. The predicted molar refractivity (Wildman–Crippen MR) is 112 cm³/mol. The van der Waals surface area contributed by atoms with Crippen molar-refractivity contribution < 1.29 is 8.42 Å². The van der Waals surface area contributed by atoms with Gasteiger partial charge in [-0.05, 0) is 39.6 Å². The highest BCUT2D eigenvalue weighted by atomic mass is 32.2. The second-order valence-electron chi connectivity index (χ2n) is 8.07. The number of nitrogens with zero attached hydrogens (tertiary/aromatic N) is 5. The molecule has 0 radical (unpaired) electrons. The first-order valence-corrected chi connectivity index (χ1v) is 11.6. The standard InChI is InChI=1S/C19H34N6O2S/c1-17(6-7-24-12-8-22(2)9-13-24)21-19-5-4-18(16-20-19)28(26,27)25-14-10-23(3)11-15-25/h4-5,16-17H,6-15H2,1-3H3,(H,20,21). The van der Waals surface area contributed by atoms with E-state index in [9.17, 15) is 8.42 Å². The first-order valence-electron chi connectivity index (χ1n) is 10.2. The molecule has 8 nitrogen and oxygen atoms in total. The molecule has 0 spiro atoms. The van der Waals surface area contributed by atoms with Crippen LogP contribution in [0.15, 0.2) is 23.2 Å². The van der Waals surface area contributed by atoms with E-state index in [4.69, 9.17) is 0 Å². The van der Waals surface area contributed by atoms with Gasteiger partial charge in [0.25, 0.3) is 0 Å². The number of sulfonamides is 1. The number of hydrogen-bond donors (Lipinski definition) is 1. The van der Waals surface area contributed by atoms with Crippen molar-refractivity contribution >= 4 is 15.8 Å². The molecule has 1 aromatic heterocycles. The molecule has 2 fully saturated rings. The highest BCUT2D eigenvalue weighted by Crippen LogP contribution is 2.18. The summed E-state index contributed by atoms with van der Waals surface area (Å²) in [6.07, 6.45) is 2.51. The van der Waals surface area contributed by atoms with Gasteiger partial charge in [0.05, 0.1) is 0 Å². The molecule has 1 N–H and O–H groups in total. The monoisotopic (exact) mass is 410 g/mol. The van der Waals surface area contributed by atoms with Crippen LogP contribution in [0, 0.1) is 0 Å². The number of hydrogen-bond acceptors (Lipinski definition) is 7. The predicted octanol–water partition coefficient (Wildman–Crippen LogP) is 0.456. The summed E-state index contributed by atoms with van der Waals surface area (Å²) in [6.45, 7) is 10.3. The normalized spacial score (nSPS) is 22.2. The van der Waals surface area contributed by atoms with E-state index < -0.39 is 10.0 Å². The number of piperazine rings is 2. The Labute approximate surface area is 169 Å². The second kappa shape index (κ2) is 9.49. The van der Waals surface area contributed by atoms with Gasteiger partial charge in [0.1, 0.15) is 10.7 Å². The first-order chi connectivity index (χ1) is 13.3. The van der Waals surface area contributed by atoms with Crippen LogP contribution in [0.2, 0.25) is 0 Å². The molecule has 2 aliphatic rings. The van der Waals surface area contributed by atoms with Crippen LogP contribution in [0.1, 0.15) is 13.3 Å². The Morgan fingerprint density at radius 2 is 1.61 bits per heavy atom. The van der Waals surface area contributed by atoms with E-state index in [-0.39, 0.29) is 10.9 Å². The van der Waals surface area contributed by atoms with E-state index in [0.717, 1.165) is 58.1 Å². The molecule has 9 heteroatoms. The van der Waals surface area contributed by atoms with E-state index >= 15 is 0 Å². The number of nitrogens with one attached hydrogen (secondary N) is 1. The number of rotatable bonds is 7. The van der Waals surface area contributed by atoms with Crippen LogP contribution in [-0.2, 0) is 10.0 Å². The maximum atomic E-state index is 12.8. The molecular weight excluding hydrogens is 376 g/mol. The third kappa shape index (κ3) is 5.64. The number of likely N-dealkylation sites (N-methyl/N-ethyl adjacent to an activating group) is 2. The fraction of sp³-hybridized carbons (Fsp3) is 0.737. The smallest absolute Gasteiger partial charge is 0.244 e. The summed E-state index contributed by atoms with van der Waals surface area (Å²) >= 11 is 0. The van der Waals surface area contributed by atoms with Crippen molar-refractivity contribution in [3.8, 4) is 0 Å². The van der Waals surface area contributed by atoms with Gasteiger partial charge < -0.3 is 20.0 Å². The average molecular weight is 411 g/mol. The molecule has 0 aromatic carbocycles. The van der Waals surface area contributed by atoms with Crippen LogP contribution in [0.4, 0.5) is 5.82 Å². The lowest BCUT2D eigenvalue weighted by Crippen LogP contribution is -2.47. The molecule has 0 amide bonds. The van der Waals surface area contributed by atoms with Crippen LogP contribution in [0.3, 0.4) is 0 Å². The Kier molecular flexibility index (Phi) is 7.27. The summed E-state index contributed by atoms with van der Waals surface area (Å²) in [5, 5.41) is 3.39. The topological polar surface area (TPSA) is 72.0 Å². The number of aromatic nitrogens is 1. The van der Waals surface area contributed by atoms with E-state index in [0.29, 0.717) is 13.1 Å². The Morgan fingerprint density at radius 3 is 2.18 bits per heavy atom. The van der Waals surface area contributed by atoms with Crippen LogP contribution in [0.25, 0.3) is 0 Å². The largest absolute Gasteiger partial charge is 0.368 e. The van der Waals surface area contributed by atoms with Gasteiger partial charge in [-0.1, -0.05) is 0 Å². The van der Waals surface area contributed by atoms with Gasteiger partial charge in [-0.3, -0.25) is 0 Å². The molecule has 1 atom stereocenters. The molecule has 1 aromatic rings. The molecule has 0 aliphatic carbocycles. The highest BCUT2D eigenvalue weighted by Gasteiger charge is 2.27. The molecule has 1 unspecified atom stereocenters. The Balaban J connectivity index is 1.49. The molecular formula is C19H34N6O2S. The average Bonchev–Trinajstić information content (AvgIpc) is 2.68. The minimum Gasteiger partial charge on any atom is -0.368 e. The van der Waals surface area contributed by atoms with Gasteiger partial charge in [0, 0.05) is 71.1 Å². The fourth-order valence-electron chi connectivity index (χ4n) is 3.57. The summed E-state index contributed by atoms with van der Waals surface area (Å²) in [6, 6.07) is 3.72. The molecule has 158 valence electrons. The zero-order chi connectivity index (χ0) is 20.1. The lowest BCUT2D eigenvalue weighted by molar-refractivity contribution is 0.151.